The monoisotopic (exact) mass is 301 g/mol. The number of halogens is 1. The molecule has 0 heterocycles. The molecule has 0 saturated heterocycles. The lowest BCUT2D eigenvalue weighted by atomic mass is 9.85. The average molecular weight is 301 g/mol. The van der Waals surface area contributed by atoms with Crippen LogP contribution in [0.4, 0.5) is 4.39 Å². The van der Waals surface area contributed by atoms with E-state index in [1.165, 1.54) is 11.8 Å². The molecule has 22 heavy (non-hydrogen) atoms. The summed E-state index contributed by atoms with van der Waals surface area (Å²) >= 11 is 0. The Hall–Kier alpha value is -1.70. The number of benzene rings is 1. The van der Waals surface area contributed by atoms with Gasteiger partial charge in [0.1, 0.15) is 5.67 Å². The van der Waals surface area contributed by atoms with Crippen molar-refractivity contribution in [1.82, 2.24) is 0 Å². The van der Waals surface area contributed by atoms with E-state index in [-0.39, 0.29) is 5.41 Å². The second-order valence-corrected chi connectivity index (χ2v) is 7.28. The van der Waals surface area contributed by atoms with Crippen molar-refractivity contribution >= 4 is 5.71 Å². The molecule has 1 nitrogen and oxygen atoms in total. The largest absolute Gasteiger partial charge is 0.257 e. The van der Waals surface area contributed by atoms with Crippen molar-refractivity contribution in [2.75, 3.05) is 0 Å². The Balaban J connectivity index is 3.47. The minimum Gasteiger partial charge on any atom is -0.257 e. The summed E-state index contributed by atoms with van der Waals surface area (Å²) in [4.78, 5) is 4.41. The molecule has 0 radical (unpaired) electrons. The first-order chi connectivity index (χ1) is 9.96. The lowest BCUT2D eigenvalue weighted by Gasteiger charge is -2.21. The van der Waals surface area contributed by atoms with Crippen LogP contribution < -0.4 is 0 Å². The second kappa shape index (κ2) is 6.60. The fourth-order valence-electron chi connectivity index (χ4n) is 1.97. The van der Waals surface area contributed by atoms with Crippen molar-refractivity contribution < 1.29 is 4.39 Å². The number of rotatable bonds is 4. The summed E-state index contributed by atoms with van der Waals surface area (Å²) in [5.41, 5.74) is 3.42. The van der Waals surface area contributed by atoms with E-state index in [1.54, 1.807) is 13.8 Å². The maximum Gasteiger partial charge on any atom is 0.130 e. The molecule has 1 aromatic carbocycles. The summed E-state index contributed by atoms with van der Waals surface area (Å²) in [6, 6.07) is 5.68. The smallest absolute Gasteiger partial charge is 0.130 e. The van der Waals surface area contributed by atoms with Crippen LogP contribution in [0.15, 0.2) is 47.6 Å². The summed E-state index contributed by atoms with van der Waals surface area (Å²) in [5, 5.41) is 0. The average Bonchev–Trinajstić information content (AvgIpc) is 2.36. The predicted octanol–water partition coefficient (Wildman–Crippen LogP) is 6.12. The predicted molar refractivity (Wildman–Crippen MR) is 95.3 cm³/mol. The zero-order valence-corrected chi connectivity index (χ0v) is 14.9. The molecule has 120 valence electrons. The summed E-state index contributed by atoms with van der Waals surface area (Å²) in [6.45, 7) is 17.5. The van der Waals surface area contributed by atoms with Crippen LogP contribution in [0.2, 0.25) is 0 Å². The van der Waals surface area contributed by atoms with Gasteiger partial charge in [-0.15, -0.1) is 0 Å². The van der Waals surface area contributed by atoms with Gasteiger partial charge in [-0.3, -0.25) is 4.99 Å². The van der Waals surface area contributed by atoms with Crippen LogP contribution in [0.5, 0.6) is 0 Å². The lowest BCUT2D eigenvalue weighted by molar-refractivity contribution is 0.221. The van der Waals surface area contributed by atoms with Crippen LogP contribution >= 0.6 is 0 Å². The highest BCUT2D eigenvalue weighted by atomic mass is 19.1. The van der Waals surface area contributed by atoms with Gasteiger partial charge in [-0.2, -0.15) is 0 Å². The van der Waals surface area contributed by atoms with E-state index in [0.717, 1.165) is 16.8 Å². The maximum absolute atomic E-state index is 14.3. The highest BCUT2D eigenvalue weighted by Crippen LogP contribution is 2.29. The molecule has 2 heteroatoms. The van der Waals surface area contributed by atoms with Crippen molar-refractivity contribution in [3.8, 4) is 0 Å². The fraction of sp³-hybridized carbons (Fsp3) is 0.450. The Morgan fingerprint density at radius 1 is 1.18 bits per heavy atom. The van der Waals surface area contributed by atoms with Gasteiger partial charge in [0.25, 0.3) is 0 Å². The van der Waals surface area contributed by atoms with Gasteiger partial charge < -0.3 is 0 Å². The van der Waals surface area contributed by atoms with Gasteiger partial charge in [-0.25, -0.2) is 4.39 Å². The quantitative estimate of drug-likeness (QED) is 0.594. The number of nitrogens with zero attached hydrogens (tertiary/aromatic N) is 1. The van der Waals surface area contributed by atoms with Gasteiger partial charge in [0.2, 0.25) is 0 Å². The van der Waals surface area contributed by atoms with Crippen LogP contribution in [0, 0.1) is 12.3 Å². The second-order valence-electron chi connectivity index (χ2n) is 7.28. The molecule has 0 amide bonds. The summed E-state index contributed by atoms with van der Waals surface area (Å²) in [6.07, 6.45) is 3.60. The molecule has 0 saturated carbocycles. The molecule has 0 aliphatic carbocycles. The first-order valence-electron chi connectivity index (χ1n) is 7.64. The molecule has 0 bridgehead atoms. The Bertz CT molecular complexity index is 608. The molecule has 0 atom stereocenters. The lowest BCUT2D eigenvalue weighted by Crippen LogP contribution is -2.13. The van der Waals surface area contributed by atoms with Crippen LogP contribution in [0.25, 0.3) is 0 Å². The van der Waals surface area contributed by atoms with Crippen molar-refractivity contribution in [2.24, 2.45) is 10.4 Å². The molecule has 0 unspecified atom stereocenters. The number of hydrogen-bond acceptors (Lipinski definition) is 1. The van der Waals surface area contributed by atoms with E-state index in [1.807, 2.05) is 25.1 Å². The Labute approximate surface area is 134 Å². The summed E-state index contributed by atoms with van der Waals surface area (Å²) in [7, 11) is 0. The number of hydrogen-bond donors (Lipinski definition) is 0. The van der Waals surface area contributed by atoms with Gasteiger partial charge in [-0.05, 0) is 56.4 Å². The van der Waals surface area contributed by atoms with E-state index in [2.05, 4.69) is 45.3 Å². The molecule has 1 aromatic rings. The molecule has 0 fully saturated rings. The van der Waals surface area contributed by atoms with E-state index < -0.39 is 5.67 Å². The fourth-order valence-corrected chi connectivity index (χ4v) is 1.97. The topological polar surface area (TPSA) is 12.4 Å². The molecule has 0 aliphatic heterocycles. The van der Waals surface area contributed by atoms with Gasteiger partial charge in [-0.1, -0.05) is 45.1 Å². The number of aliphatic imine (C=N–C) groups is 1. The molecule has 0 aliphatic rings. The first-order valence-corrected chi connectivity index (χ1v) is 7.64. The minimum atomic E-state index is -1.37. The SMILES string of the molecule is C=CN=C(/C=C(\C)C(C)(C)C)c1cc(C(C)(C)F)ccc1C. The highest BCUT2D eigenvalue weighted by molar-refractivity contribution is 6.10. The Kier molecular flexibility index (Phi) is 5.50. The zero-order chi connectivity index (χ0) is 17.1. The summed E-state index contributed by atoms with van der Waals surface area (Å²) in [5.74, 6) is 0. The van der Waals surface area contributed by atoms with Crippen molar-refractivity contribution in [3.05, 3.63) is 59.3 Å². The molecule has 1 rings (SSSR count). The number of aryl methyl sites for hydroxylation is 1. The zero-order valence-electron chi connectivity index (χ0n) is 14.9. The van der Waals surface area contributed by atoms with E-state index in [4.69, 9.17) is 0 Å². The maximum atomic E-state index is 14.3. The van der Waals surface area contributed by atoms with Crippen molar-refractivity contribution in [2.45, 2.75) is 54.1 Å². The standard InChI is InChI=1S/C20H28FN/c1-9-22-18(12-15(3)19(4,5)6)17-13-16(20(7,8)21)11-10-14(17)2/h9-13H,1H2,2-8H3/b15-12+,22-18?. The number of allylic oxidation sites excluding steroid dienone is 2. The van der Waals surface area contributed by atoms with Crippen LogP contribution in [0.3, 0.4) is 0 Å². The Morgan fingerprint density at radius 2 is 1.77 bits per heavy atom. The first kappa shape index (κ1) is 18.3. The van der Waals surface area contributed by atoms with Gasteiger partial charge in [0.05, 0.1) is 5.71 Å². The third-order valence-corrected chi connectivity index (χ3v) is 3.97. The van der Waals surface area contributed by atoms with Gasteiger partial charge in [0, 0.05) is 11.8 Å². The van der Waals surface area contributed by atoms with E-state index in [9.17, 15) is 4.39 Å². The third kappa shape index (κ3) is 4.66. The Morgan fingerprint density at radius 3 is 2.23 bits per heavy atom. The minimum absolute atomic E-state index is 0.0623. The van der Waals surface area contributed by atoms with Crippen LogP contribution in [0.1, 0.15) is 58.2 Å². The molecule has 0 spiro atoms. The highest BCUT2D eigenvalue weighted by Gasteiger charge is 2.21. The van der Waals surface area contributed by atoms with E-state index in [0.29, 0.717) is 5.56 Å². The molecule has 0 aromatic heterocycles. The molecular formula is C20H28FN. The summed E-state index contributed by atoms with van der Waals surface area (Å²) < 4.78 is 14.3. The van der Waals surface area contributed by atoms with Crippen LogP contribution in [-0.4, -0.2) is 5.71 Å². The van der Waals surface area contributed by atoms with Crippen molar-refractivity contribution in [3.63, 3.8) is 0 Å². The third-order valence-electron chi connectivity index (χ3n) is 3.97. The van der Waals surface area contributed by atoms with E-state index >= 15 is 0 Å². The van der Waals surface area contributed by atoms with Crippen LogP contribution in [-0.2, 0) is 5.67 Å². The normalized spacial score (nSPS) is 14.2. The van der Waals surface area contributed by atoms with Crippen molar-refractivity contribution in [1.29, 1.82) is 0 Å². The number of alkyl halides is 1. The molecule has 0 N–H and O–H groups in total. The molecular weight excluding hydrogens is 273 g/mol. The van der Waals surface area contributed by atoms with Gasteiger partial charge >= 0.3 is 0 Å². The van der Waals surface area contributed by atoms with Gasteiger partial charge in [0.15, 0.2) is 0 Å².